The highest BCUT2D eigenvalue weighted by molar-refractivity contribution is 5.77. The van der Waals surface area contributed by atoms with Crippen LogP contribution in [0.4, 0.5) is 4.39 Å². The minimum Gasteiger partial charge on any atom is -0.460 e. The van der Waals surface area contributed by atoms with Crippen LogP contribution in [0.3, 0.4) is 0 Å². The largest absolute Gasteiger partial charge is 0.460 e. The van der Waals surface area contributed by atoms with Gasteiger partial charge in [0, 0.05) is 24.9 Å². The first-order chi connectivity index (χ1) is 11.2. The summed E-state index contributed by atoms with van der Waals surface area (Å²) in [5.41, 5.74) is 3.37. The maximum Gasteiger partial charge on any atom is 0.238 e. The lowest BCUT2D eigenvalue weighted by atomic mass is 10.0. The molecule has 0 amide bonds. The fraction of sp³-hybridized carbons (Fsp3) is 0.300. The second kappa shape index (κ2) is 8.37. The Morgan fingerprint density at radius 1 is 1.22 bits per heavy atom. The number of alkyl halides is 1. The normalized spacial score (nSPS) is 17.7. The standard InChI is InChI=1S/C20H24FNO/c1-4-7-8-18-15-17(13-14-22(18)6-3)16-9-11-19(12-10-16)23-20(21)5-2/h4,7-15,20H,5-6H2,1-3H3/b7-4?,18-8-. The van der Waals surface area contributed by atoms with Crippen LogP contribution in [0.5, 0.6) is 5.75 Å². The van der Waals surface area contributed by atoms with Crippen LogP contribution in [0.25, 0.3) is 5.57 Å². The highest BCUT2D eigenvalue weighted by Gasteiger charge is 2.10. The number of allylic oxidation sites excluding steroid dienone is 6. The molecule has 0 bridgehead atoms. The predicted octanol–water partition coefficient (Wildman–Crippen LogP) is 5.46. The van der Waals surface area contributed by atoms with E-state index in [2.05, 4.69) is 36.3 Å². The molecular weight excluding hydrogens is 289 g/mol. The predicted molar refractivity (Wildman–Crippen MR) is 94.7 cm³/mol. The van der Waals surface area contributed by atoms with Crippen LogP contribution in [0, 0.1) is 0 Å². The Kier molecular flexibility index (Phi) is 6.21. The molecule has 0 saturated heterocycles. The highest BCUT2D eigenvalue weighted by atomic mass is 19.1. The Balaban J connectivity index is 2.20. The maximum atomic E-state index is 13.3. The van der Waals surface area contributed by atoms with Crippen molar-refractivity contribution in [1.82, 2.24) is 4.90 Å². The van der Waals surface area contributed by atoms with Gasteiger partial charge in [-0.1, -0.05) is 31.2 Å². The monoisotopic (exact) mass is 313 g/mol. The Morgan fingerprint density at radius 2 is 1.96 bits per heavy atom. The summed E-state index contributed by atoms with van der Waals surface area (Å²) < 4.78 is 18.4. The molecule has 2 nitrogen and oxygen atoms in total. The number of rotatable bonds is 6. The first-order valence-corrected chi connectivity index (χ1v) is 8.08. The summed E-state index contributed by atoms with van der Waals surface area (Å²) >= 11 is 0. The summed E-state index contributed by atoms with van der Waals surface area (Å²) in [5, 5.41) is 0. The van der Waals surface area contributed by atoms with E-state index in [1.165, 1.54) is 0 Å². The Bertz CT molecular complexity index is 626. The molecular formula is C20H24FNO. The van der Waals surface area contributed by atoms with E-state index in [1.807, 2.05) is 43.3 Å². The van der Waals surface area contributed by atoms with E-state index in [4.69, 9.17) is 4.74 Å². The van der Waals surface area contributed by atoms with Gasteiger partial charge in [0.25, 0.3) is 0 Å². The molecule has 0 N–H and O–H groups in total. The molecule has 0 fully saturated rings. The topological polar surface area (TPSA) is 12.5 Å². The van der Waals surface area contributed by atoms with Gasteiger partial charge in [-0.3, -0.25) is 0 Å². The van der Waals surface area contributed by atoms with Gasteiger partial charge in [0.1, 0.15) is 5.75 Å². The zero-order chi connectivity index (χ0) is 16.7. The molecule has 3 heteroatoms. The molecule has 0 spiro atoms. The number of likely N-dealkylation sites (N-methyl/N-ethyl adjacent to an activating group) is 1. The van der Waals surface area contributed by atoms with Crippen molar-refractivity contribution in [2.24, 2.45) is 0 Å². The molecule has 0 radical (unpaired) electrons. The average Bonchev–Trinajstić information content (AvgIpc) is 2.60. The van der Waals surface area contributed by atoms with E-state index in [9.17, 15) is 4.39 Å². The van der Waals surface area contributed by atoms with Gasteiger partial charge >= 0.3 is 0 Å². The molecule has 0 aliphatic carbocycles. The number of hydrogen-bond acceptors (Lipinski definition) is 2. The Hall–Kier alpha value is -2.29. The summed E-state index contributed by atoms with van der Waals surface area (Å²) in [7, 11) is 0. The van der Waals surface area contributed by atoms with Gasteiger partial charge in [0.15, 0.2) is 0 Å². The molecule has 2 rings (SSSR count). The zero-order valence-electron chi connectivity index (χ0n) is 14.0. The highest BCUT2D eigenvalue weighted by Crippen LogP contribution is 2.26. The quantitative estimate of drug-likeness (QED) is 0.691. The van der Waals surface area contributed by atoms with E-state index in [0.29, 0.717) is 12.2 Å². The lowest BCUT2D eigenvalue weighted by molar-refractivity contribution is 0.0642. The number of ether oxygens (including phenoxy) is 1. The van der Waals surface area contributed by atoms with Gasteiger partial charge in [-0.2, -0.15) is 0 Å². The summed E-state index contributed by atoms with van der Waals surface area (Å²) in [6.07, 6.45) is 11.6. The first kappa shape index (κ1) is 17.1. The molecule has 1 aliphatic heterocycles. The van der Waals surface area contributed by atoms with E-state index >= 15 is 0 Å². The van der Waals surface area contributed by atoms with Crippen molar-refractivity contribution < 1.29 is 9.13 Å². The van der Waals surface area contributed by atoms with E-state index < -0.39 is 6.36 Å². The van der Waals surface area contributed by atoms with Crippen molar-refractivity contribution >= 4 is 5.57 Å². The minimum absolute atomic E-state index is 0.349. The molecule has 0 aromatic heterocycles. The molecule has 1 aromatic carbocycles. The van der Waals surface area contributed by atoms with Crippen LogP contribution in [0.1, 0.15) is 32.8 Å². The molecule has 0 saturated carbocycles. The maximum absolute atomic E-state index is 13.3. The fourth-order valence-corrected chi connectivity index (χ4v) is 2.31. The van der Waals surface area contributed by atoms with Gasteiger partial charge in [-0.05, 0) is 55.3 Å². The van der Waals surface area contributed by atoms with E-state index in [-0.39, 0.29) is 0 Å². The second-order valence-corrected chi connectivity index (χ2v) is 5.28. The van der Waals surface area contributed by atoms with E-state index in [1.54, 1.807) is 6.92 Å². The van der Waals surface area contributed by atoms with Gasteiger partial charge in [0.05, 0.1) is 0 Å². The number of nitrogens with zero attached hydrogens (tertiary/aromatic N) is 1. The SMILES string of the molecule is CC=C/C=C1/C=C(c2ccc(OC(F)CC)cc2)C=CN1CC. The Morgan fingerprint density at radius 3 is 2.57 bits per heavy atom. The summed E-state index contributed by atoms with van der Waals surface area (Å²) in [6.45, 7) is 6.81. The Labute approximate surface area is 138 Å². The third-order valence-electron chi connectivity index (χ3n) is 3.64. The molecule has 122 valence electrons. The van der Waals surface area contributed by atoms with Crippen LogP contribution in [-0.2, 0) is 0 Å². The van der Waals surface area contributed by atoms with Gasteiger partial charge in [-0.15, -0.1) is 0 Å². The summed E-state index contributed by atoms with van der Waals surface area (Å²) in [4.78, 5) is 2.19. The summed E-state index contributed by atoms with van der Waals surface area (Å²) in [5.74, 6) is 0.559. The average molecular weight is 313 g/mol. The number of benzene rings is 1. The van der Waals surface area contributed by atoms with Gasteiger partial charge < -0.3 is 9.64 Å². The van der Waals surface area contributed by atoms with Crippen molar-refractivity contribution in [2.75, 3.05) is 6.54 Å². The lowest BCUT2D eigenvalue weighted by Gasteiger charge is -2.24. The van der Waals surface area contributed by atoms with Crippen LogP contribution in [0.2, 0.25) is 0 Å². The minimum atomic E-state index is -1.25. The smallest absolute Gasteiger partial charge is 0.238 e. The van der Waals surface area contributed by atoms with Crippen molar-refractivity contribution in [1.29, 1.82) is 0 Å². The van der Waals surface area contributed by atoms with Crippen molar-refractivity contribution in [2.45, 2.75) is 33.5 Å². The van der Waals surface area contributed by atoms with Gasteiger partial charge in [0.2, 0.25) is 6.36 Å². The zero-order valence-corrected chi connectivity index (χ0v) is 14.0. The van der Waals surface area contributed by atoms with Crippen LogP contribution < -0.4 is 4.74 Å². The number of halogens is 1. The van der Waals surface area contributed by atoms with Gasteiger partial charge in [-0.25, -0.2) is 4.39 Å². The summed E-state index contributed by atoms with van der Waals surface area (Å²) in [6, 6.07) is 7.55. The molecule has 1 unspecified atom stereocenters. The van der Waals surface area contributed by atoms with Crippen LogP contribution in [-0.4, -0.2) is 17.8 Å². The number of hydrogen-bond donors (Lipinski definition) is 0. The van der Waals surface area contributed by atoms with Crippen LogP contribution >= 0.6 is 0 Å². The van der Waals surface area contributed by atoms with Crippen molar-refractivity contribution in [3.63, 3.8) is 0 Å². The first-order valence-electron chi connectivity index (χ1n) is 8.08. The third kappa shape index (κ3) is 4.59. The van der Waals surface area contributed by atoms with Crippen molar-refractivity contribution in [3.05, 3.63) is 72.1 Å². The van der Waals surface area contributed by atoms with Crippen molar-refractivity contribution in [3.8, 4) is 5.75 Å². The fourth-order valence-electron chi connectivity index (χ4n) is 2.31. The third-order valence-corrected chi connectivity index (χ3v) is 3.64. The van der Waals surface area contributed by atoms with E-state index in [0.717, 1.165) is 23.4 Å². The molecule has 1 atom stereocenters. The molecule has 1 aromatic rings. The molecule has 1 aliphatic rings. The molecule has 23 heavy (non-hydrogen) atoms. The molecule has 1 heterocycles. The lowest BCUT2D eigenvalue weighted by Crippen LogP contribution is -2.17. The van der Waals surface area contributed by atoms with Crippen LogP contribution in [0.15, 0.2) is 66.5 Å². The second-order valence-electron chi connectivity index (χ2n) is 5.28.